The molecule has 6 nitrogen and oxygen atoms in total. The number of fused-ring (bicyclic) bond motifs is 1. The molecule has 1 aromatic heterocycles. The van der Waals surface area contributed by atoms with Crippen LogP contribution in [-0.2, 0) is 6.42 Å². The van der Waals surface area contributed by atoms with Crippen LogP contribution in [0.3, 0.4) is 0 Å². The maximum absolute atomic E-state index is 13.5. The topological polar surface area (TPSA) is 78.0 Å². The van der Waals surface area contributed by atoms with E-state index in [2.05, 4.69) is 24.3 Å². The molecule has 3 aromatic carbocycles. The third-order valence-corrected chi connectivity index (χ3v) is 7.79. The molecular formula is C25H19N3O3S2. The Labute approximate surface area is 198 Å². The molecule has 0 unspecified atom stereocenters. The summed E-state index contributed by atoms with van der Waals surface area (Å²) in [7, 11) is 0. The van der Waals surface area contributed by atoms with E-state index in [-0.39, 0.29) is 16.5 Å². The van der Waals surface area contributed by atoms with Crippen LogP contribution in [0.1, 0.15) is 22.1 Å². The molecule has 5 rings (SSSR count). The number of non-ortho nitro benzene ring substituents is 1. The highest BCUT2D eigenvalue weighted by Crippen LogP contribution is 2.41. The van der Waals surface area contributed by atoms with Gasteiger partial charge < -0.3 is 0 Å². The van der Waals surface area contributed by atoms with Crippen molar-refractivity contribution in [2.24, 2.45) is 0 Å². The molecule has 4 aromatic rings. The van der Waals surface area contributed by atoms with Crippen LogP contribution in [0.25, 0.3) is 5.69 Å². The summed E-state index contributed by atoms with van der Waals surface area (Å²) in [5.74, 6) is 0.826. The zero-order chi connectivity index (χ0) is 22.8. The lowest BCUT2D eigenvalue weighted by atomic mass is 10.0. The molecule has 0 saturated heterocycles. The van der Waals surface area contributed by atoms with Crippen molar-refractivity contribution in [1.82, 2.24) is 9.55 Å². The summed E-state index contributed by atoms with van der Waals surface area (Å²) in [5, 5.41) is 11.6. The van der Waals surface area contributed by atoms with Gasteiger partial charge in [-0.1, -0.05) is 72.4 Å². The number of rotatable bonds is 6. The van der Waals surface area contributed by atoms with Gasteiger partial charge >= 0.3 is 0 Å². The van der Waals surface area contributed by atoms with Crippen LogP contribution < -0.4 is 5.56 Å². The minimum atomic E-state index is -0.445. The highest BCUT2D eigenvalue weighted by atomic mass is 32.2. The largest absolute Gasteiger partial charge is 0.272 e. The van der Waals surface area contributed by atoms with Crippen molar-refractivity contribution in [1.29, 1.82) is 0 Å². The van der Waals surface area contributed by atoms with Gasteiger partial charge in [0.1, 0.15) is 0 Å². The normalized spacial score (nSPS) is 12.6. The van der Waals surface area contributed by atoms with Crippen molar-refractivity contribution >= 4 is 29.2 Å². The van der Waals surface area contributed by atoms with Gasteiger partial charge in [0.2, 0.25) is 0 Å². The molecule has 0 amide bonds. The van der Waals surface area contributed by atoms with E-state index in [0.29, 0.717) is 15.7 Å². The summed E-state index contributed by atoms with van der Waals surface area (Å²) in [5.41, 5.74) is 3.46. The van der Waals surface area contributed by atoms with Crippen molar-refractivity contribution < 1.29 is 4.92 Å². The molecule has 8 heteroatoms. The Balaban J connectivity index is 1.66. The van der Waals surface area contributed by atoms with Gasteiger partial charge in [0.05, 0.1) is 26.5 Å². The fourth-order valence-corrected chi connectivity index (χ4v) is 6.09. The van der Waals surface area contributed by atoms with Gasteiger partial charge in [0, 0.05) is 24.3 Å². The average Bonchev–Trinajstić information content (AvgIpc) is 3.33. The zero-order valence-corrected chi connectivity index (χ0v) is 19.1. The zero-order valence-electron chi connectivity index (χ0n) is 17.5. The molecule has 0 atom stereocenters. The van der Waals surface area contributed by atoms with Gasteiger partial charge in [-0.2, -0.15) is 0 Å². The second kappa shape index (κ2) is 9.25. The van der Waals surface area contributed by atoms with Crippen LogP contribution in [0, 0.1) is 10.1 Å². The number of thioether (sulfide) groups is 2. The molecule has 0 bridgehead atoms. The van der Waals surface area contributed by atoms with Crippen molar-refractivity contribution in [3.8, 4) is 5.69 Å². The number of benzene rings is 3. The standard InChI is InChI=1S/C25H19N3O3S2/c29-24-23-21(15-16-32-23)26-25(27(24)19-11-13-20(14-12-19)28(30)31)33-22(17-7-3-1-4-8-17)18-9-5-2-6-10-18/h1-14,22H,15-16H2. The van der Waals surface area contributed by atoms with E-state index < -0.39 is 4.92 Å². The maximum Gasteiger partial charge on any atom is 0.272 e. The SMILES string of the molecule is O=c1c2c(nc(SC(c3ccccc3)c3ccccc3)n1-c1ccc([N+](=O)[O-])cc1)CCS2. The second-order valence-electron chi connectivity index (χ2n) is 7.50. The lowest BCUT2D eigenvalue weighted by Gasteiger charge is -2.20. The minimum absolute atomic E-state index is 0.0176. The molecule has 0 radical (unpaired) electrons. The van der Waals surface area contributed by atoms with Crippen LogP contribution in [0.2, 0.25) is 0 Å². The van der Waals surface area contributed by atoms with Gasteiger partial charge in [-0.15, -0.1) is 11.8 Å². The Kier molecular flexibility index (Phi) is 6.02. The van der Waals surface area contributed by atoms with E-state index in [1.807, 2.05) is 36.4 Å². The second-order valence-corrected chi connectivity index (χ2v) is 9.68. The Hall–Kier alpha value is -3.36. The number of aromatic nitrogens is 2. The molecular weight excluding hydrogens is 454 g/mol. The lowest BCUT2D eigenvalue weighted by molar-refractivity contribution is -0.384. The monoisotopic (exact) mass is 473 g/mol. The van der Waals surface area contributed by atoms with E-state index >= 15 is 0 Å². The van der Waals surface area contributed by atoms with Crippen molar-refractivity contribution in [2.45, 2.75) is 21.7 Å². The first-order valence-corrected chi connectivity index (χ1v) is 12.3. The first kappa shape index (κ1) is 21.5. The predicted molar refractivity (Wildman–Crippen MR) is 132 cm³/mol. The number of nitro groups is 1. The third-order valence-electron chi connectivity index (χ3n) is 5.41. The lowest BCUT2D eigenvalue weighted by Crippen LogP contribution is -2.24. The third kappa shape index (κ3) is 4.31. The molecule has 1 aliphatic heterocycles. The van der Waals surface area contributed by atoms with Gasteiger partial charge in [0.25, 0.3) is 11.2 Å². The van der Waals surface area contributed by atoms with Gasteiger partial charge in [-0.05, 0) is 23.3 Å². The number of aryl methyl sites for hydroxylation is 1. The predicted octanol–water partition coefficient (Wildman–Crippen LogP) is 5.67. The molecule has 33 heavy (non-hydrogen) atoms. The molecule has 0 fully saturated rings. The minimum Gasteiger partial charge on any atom is -0.268 e. The number of nitro benzene ring substituents is 1. The smallest absolute Gasteiger partial charge is 0.268 e. The highest BCUT2D eigenvalue weighted by molar-refractivity contribution is 8.00. The van der Waals surface area contributed by atoms with E-state index in [9.17, 15) is 14.9 Å². The molecule has 164 valence electrons. The molecule has 0 saturated carbocycles. The summed E-state index contributed by atoms with van der Waals surface area (Å²) < 4.78 is 1.59. The fourth-order valence-electron chi connectivity index (χ4n) is 3.81. The molecule has 1 aliphatic rings. The Morgan fingerprint density at radius 2 is 1.55 bits per heavy atom. The molecule has 2 heterocycles. The molecule has 0 aliphatic carbocycles. The average molecular weight is 474 g/mol. The molecule has 0 spiro atoms. The summed E-state index contributed by atoms with van der Waals surface area (Å²) in [6.45, 7) is 0. The summed E-state index contributed by atoms with van der Waals surface area (Å²) in [6, 6.07) is 26.3. The Bertz CT molecular complexity index is 1320. The maximum atomic E-state index is 13.5. The number of hydrogen-bond acceptors (Lipinski definition) is 6. The summed E-state index contributed by atoms with van der Waals surface area (Å²) >= 11 is 3.03. The molecule has 0 N–H and O–H groups in total. The first-order chi connectivity index (χ1) is 16.1. The van der Waals surface area contributed by atoms with Crippen molar-refractivity contribution in [2.75, 3.05) is 5.75 Å². The Morgan fingerprint density at radius 3 is 2.12 bits per heavy atom. The van der Waals surface area contributed by atoms with E-state index in [4.69, 9.17) is 4.98 Å². The highest BCUT2D eigenvalue weighted by Gasteiger charge is 2.26. The number of nitrogens with zero attached hydrogens (tertiary/aromatic N) is 3. The van der Waals surface area contributed by atoms with Crippen LogP contribution in [0.15, 0.2) is 99.8 Å². The van der Waals surface area contributed by atoms with Crippen LogP contribution in [0.5, 0.6) is 0 Å². The van der Waals surface area contributed by atoms with Crippen LogP contribution >= 0.6 is 23.5 Å². The summed E-state index contributed by atoms with van der Waals surface area (Å²) in [4.78, 5) is 29.7. The van der Waals surface area contributed by atoms with E-state index in [0.717, 1.165) is 29.0 Å². The Morgan fingerprint density at radius 1 is 0.939 bits per heavy atom. The quantitative estimate of drug-likeness (QED) is 0.155. The van der Waals surface area contributed by atoms with Gasteiger partial charge in [-0.25, -0.2) is 4.98 Å². The summed E-state index contributed by atoms with van der Waals surface area (Å²) in [6.07, 6.45) is 0.755. The van der Waals surface area contributed by atoms with Gasteiger partial charge in [0.15, 0.2) is 5.16 Å². The van der Waals surface area contributed by atoms with E-state index in [1.165, 1.54) is 35.7 Å². The number of hydrogen-bond donors (Lipinski definition) is 0. The first-order valence-electron chi connectivity index (χ1n) is 10.4. The van der Waals surface area contributed by atoms with Crippen molar-refractivity contribution in [3.05, 3.63) is 122 Å². The van der Waals surface area contributed by atoms with Crippen molar-refractivity contribution in [3.63, 3.8) is 0 Å². The fraction of sp³-hybridized carbons (Fsp3) is 0.120. The van der Waals surface area contributed by atoms with Crippen LogP contribution in [-0.4, -0.2) is 20.2 Å². The van der Waals surface area contributed by atoms with E-state index in [1.54, 1.807) is 16.7 Å². The van der Waals surface area contributed by atoms with Gasteiger partial charge in [-0.3, -0.25) is 19.5 Å². The van der Waals surface area contributed by atoms with Crippen LogP contribution in [0.4, 0.5) is 5.69 Å².